The molecular weight excluding hydrogens is 348 g/mol. The molecule has 0 atom stereocenters. The number of halogens is 1. The van der Waals surface area contributed by atoms with Gasteiger partial charge in [-0.2, -0.15) is 0 Å². The second-order valence-electron chi connectivity index (χ2n) is 5.77. The van der Waals surface area contributed by atoms with Crippen LogP contribution in [0.1, 0.15) is 21.5 Å². The topological polar surface area (TPSA) is 66.5 Å². The minimum atomic E-state index is -3.81. The van der Waals surface area contributed by atoms with Crippen LogP contribution >= 0.6 is 11.6 Å². The zero-order valence-electron chi connectivity index (χ0n) is 13.9. The Balaban J connectivity index is 2.44. The molecule has 24 heavy (non-hydrogen) atoms. The third kappa shape index (κ3) is 3.88. The molecule has 0 aliphatic carbocycles. The lowest BCUT2D eigenvalue weighted by molar-refractivity contribution is 0.0827. The molecule has 128 valence electrons. The summed E-state index contributed by atoms with van der Waals surface area (Å²) in [6.45, 7) is 3.55. The molecule has 0 saturated heterocycles. The summed E-state index contributed by atoms with van der Waals surface area (Å²) in [5.74, 6) is -0.237. The maximum Gasteiger partial charge on any atom is 0.262 e. The summed E-state index contributed by atoms with van der Waals surface area (Å²) < 4.78 is 27.8. The average Bonchev–Trinajstić information content (AvgIpc) is 2.50. The van der Waals surface area contributed by atoms with E-state index in [0.717, 1.165) is 5.56 Å². The average molecular weight is 367 g/mol. The Morgan fingerprint density at radius 2 is 1.75 bits per heavy atom. The summed E-state index contributed by atoms with van der Waals surface area (Å²) in [4.78, 5) is 13.6. The summed E-state index contributed by atoms with van der Waals surface area (Å²) in [6.07, 6.45) is 0. The summed E-state index contributed by atoms with van der Waals surface area (Å²) in [5, 5.41) is 0.221. The van der Waals surface area contributed by atoms with Gasteiger partial charge in [-0.25, -0.2) is 8.42 Å². The van der Waals surface area contributed by atoms with Gasteiger partial charge in [-0.3, -0.25) is 9.52 Å². The highest BCUT2D eigenvalue weighted by atomic mass is 35.5. The Labute approximate surface area is 147 Å². The first-order valence-electron chi connectivity index (χ1n) is 7.23. The van der Waals surface area contributed by atoms with E-state index in [4.69, 9.17) is 11.6 Å². The number of sulfonamides is 1. The molecule has 0 aromatic heterocycles. The number of rotatable bonds is 4. The quantitative estimate of drug-likeness (QED) is 0.901. The number of anilines is 1. The van der Waals surface area contributed by atoms with Gasteiger partial charge in [0.25, 0.3) is 15.9 Å². The summed E-state index contributed by atoms with van der Waals surface area (Å²) in [5.41, 5.74) is 1.99. The van der Waals surface area contributed by atoms with Crippen molar-refractivity contribution < 1.29 is 13.2 Å². The lowest BCUT2D eigenvalue weighted by Gasteiger charge is -2.15. The molecule has 0 saturated carbocycles. The van der Waals surface area contributed by atoms with Crippen LogP contribution in [0.15, 0.2) is 41.3 Å². The number of nitrogens with zero attached hydrogens (tertiary/aromatic N) is 1. The Kier molecular flexibility index (Phi) is 5.20. The van der Waals surface area contributed by atoms with Crippen molar-refractivity contribution in [3.8, 4) is 0 Å². The zero-order chi connectivity index (χ0) is 18.1. The van der Waals surface area contributed by atoms with Crippen molar-refractivity contribution in [1.82, 2.24) is 4.90 Å². The fraction of sp³-hybridized carbons (Fsp3) is 0.235. The van der Waals surface area contributed by atoms with E-state index >= 15 is 0 Å². The summed E-state index contributed by atoms with van der Waals surface area (Å²) in [6, 6.07) is 9.68. The molecule has 7 heteroatoms. The van der Waals surface area contributed by atoms with Gasteiger partial charge < -0.3 is 4.90 Å². The largest absolute Gasteiger partial charge is 0.345 e. The fourth-order valence-corrected chi connectivity index (χ4v) is 3.81. The molecule has 0 spiro atoms. The monoisotopic (exact) mass is 366 g/mol. The second kappa shape index (κ2) is 6.83. The molecule has 2 aromatic rings. The lowest BCUT2D eigenvalue weighted by Crippen LogP contribution is -2.22. The number of carbonyl (C=O) groups excluding carboxylic acids is 1. The lowest BCUT2D eigenvalue weighted by atomic mass is 10.2. The number of nitrogens with one attached hydrogen (secondary N) is 1. The van der Waals surface area contributed by atoms with Crippen molar-refractivity contribution in [2.75, 3.05) is 18.8 Å². The van der Waals surface area contributed by atoms with E-state index in [1.165, 1.54) is 17.0 Å². The first kappa shape index (κ1) is 18.3. The molecule has 0 aliphatic rings. The smallest absolute Gasteiger partial charge is 0.262 e. The number of hydrogen-bond acceptors (Lipinski definition) is 3. The second-order valence-corrected chi connectivity index (χ2v) is 7.83. The standard InChI is InChI=1S/C17H19ClN2O3S/c1-11-5-6-12(2)16(9-11)24(22,23)19-15-10-13(7-8-14(15)18)17(21)20(3)4/h5-10,19H,1-4H3. The molecule has 1 N–H and O–H groups in total. The Hall–Kier alpha value is -2.05. The number of aryl methyl sites for hydroxylation is 2. The number of hydrogen-bond donors (Lipinski definition) is 1. The fourth-order valence-electron chi connectivity index (χ4n) is 2.19. The van der Waals surface area contributed by atoms with E-state index in [0.29, 0.717) is 11.1 Å². The van der Waals surface area contributed by atoms with Gasteiger partial charge in [-0.05, 0) is 49.2 Å². The van der Waals surface area contributed by atoms with E-state index in [1.54, 1.807) is 39.2 Å². The predicted octanol–water partition coefficient (Wildman–Crippen LogP) is 3.46. The van der Waals surface area contributed by atoms with Gasteiger partial charge >= 0.3 is 0 Å². The molecule has 0 fully saturated rings. The van der Waals surface area contributed by atoms with Crippen LogP contribution in [0.2, 0.25) is 5.02 Å². The van der Waals surface area contributed by atoms with Crippen LogP contribution in [0.3, 0.4) is 0 Å². The molecule has 0 heterocycles. The predicted molar refractivity (Wildman–Crippen MR) is 96.2 cm³/mol. The summed E-state index contributed by atoms with van der Waals surface area (Å²) in [7, 11) is -0.567. The van der Waals surface area contributed by atoms with Gasteiger partial charge in [0, 0.05) is 19.7 Å². The van der Waals surface area contributed by atoms with Crippen LogP contribution in [0.5, 0.6) is 0 Å². The van der Waals surface area contributed by atoms with Crippen LogP contribution in [0, 0.1) is 13.8 Å². The highest BCUT2D eigenvalue weighted by Crippen LogP contribution is 2.27. The van der Waals surface area contributed by atoms with Crippen LogP contribution in [-0.2, 0) is 10.0 Å². The number of carbonyl (C=O) groups is 1. The molecule has 0 radical (unpaired) electrons. The third-order valence-electron chi connectivity index (χ3n) is 3.50. The van der Waals surface area contributed by atoms with Crippen LogP contribution in [0.4, 0.5) is 5.69 Å². The van der Waals surface area contributed by atoms with Crippen molar-refractivity contribution in [2.45, 2.75) is 18.7 Å². The van der Waals surface area contributed by atoms with Gasteiger partial charge in [0.1, 0.15) is 0 Å². The zero-order valence-corrected chi connectivity index (χ0v) is 15.5. The molecule has 0 aliphatic heterocycles. The first-order valence-corrected chi connectivity index (χ1v) is 9.09. The van der Waals surface area contributed by atoms with Gasteiger partial charge in [0.15, 0.2) is 0 Å². The van der Waals surface area contributed by atoms with Crippen molar-refractivity contribution in [1.29, 1.82) is 0 Å². The van der Waals surface area contributed by atoms with E-state index in [1.807, 2.05) is 13.0 Å². The minimum Gasteiger partial charge on any atom is -0.345 e. The molecule has 2 rings (SSSR count). The molecule has 0 unspecified atom stereocenters. The van der Waals surface area contributed by atoms with Gasteiger partial charge in [0.05, 0.1) is 15.6 Å². The third-order valence-corrected chi connectivity index (χ3v) is 5.33. The van der Waals surface area contributed by atoms with Crippen LogP contribution < -0.4 is 4.72 Å². The van der Waals surface area contributed by atoms with E-state index in [2.05, 4.69) is 4.72 Å². The van der Waals surface area contributed by atoms with Crippen LogP contribution in [-0.4, -0.2) is 33.3 Å². The maximum atomic E-state index is 12.7. The molecule has 5 nitrogen and oxygen atoms in total. The van der Waals surface area contributed by atoms with Crippen molar-refractivity contribution in [2.24, 2.45) is 0 Å². The first-order chi connectivity index (χ1) is 11.1. The van der Waals surface area contributed by atoms with Gasteiger partial charge in [-0.1, -0.05) is 23.7 Å². The number of benzene rings is 2. The van der Waals surface area contributed by atoms with Gasteiger partial charge in [0.2, 0.25) is 0 Å². The Morgan fingerprint density at radius 3 is 2.38 bits per heavy atom. The van der Waals surface area contributed by atoms with Crippen molar-refractivity contribution >= 4 is 33.2 Å². The van der Waals surface area contributed by atoms with Crippen LogP contribution in [0.25, 0.3) is 0 Å². The minimum absolute atomic E-state index is 0.172. The molecule has 0 bridgehead atoms. The SMILES string of the molecule is Cc1ccc(C)c(S(=O)(=O)Nc2cc(C(=O)N(C)C)ccc2Cl)c1. The number of amides is 1. The Bertz CT molecular complexity index is 893. The normalized spacial score (nSPS) is 11.2. The molecule has 1 amide bonds. The molecular formula is C17H19ClN2O3S. The van der Waals surface area contributed by atoms with E-state index < -0.39 is 10.0 Å². The van der Waals surface area contributed by atoms with Crippen molar-refractivity contribution in [3.05, 3.63) is 58.1 Å². The highest BCUT2D eigenvalue weighted by Gasteiger charge is 2.19. The van der Waals surface area contributed by atoms with E-state index in [-0.39, 0.29) is 21.5 Å². The highest BCUT2D eigenvalue weighted by molar-refractivity contribution is 7.92. The van der Waals surface area contributed by atoms with Crippen molar-refractivity contribution in [3.63, 3.8) is 0 Å². The van der Waals surface area contributed by atoms with E-state index in [9.17, 15) is 13.2 Å². The Morgan fingerprint density at radius 1 is 1.08 bits per heavy atom. The molecule has 2 aromatic carbocycles. The maximum absolute atomic E-state index is 12.7. The summed E-state index contributed by atoms with van der Waals surface area (Å²) >= 11 is 6.09. The van der Waals surface area contributed by atoms with Gasteiger partial charge in [-0.15, -0.1) is 0 Å².